The molecule has 0 aliphatic rings. The summed E-state index contributed by atoms with van der Waals surface area (Å²) < 4.78 is 22.6. The van der Waals surface area contributed by atoms with Gasteiger partial charge in [0.2, 0.25) is 17.7 Å². The number of hydrogen-bond acceptors (Lipinski definition) is 7. The van der Waals surface area contributed by atoms with Crippen LogP contribution in [-0.2, 0) is 29.9 Å². The summed E-state index contributed by atoms with van der Waals surface area (Å²) in [6.07, 6.45) is 0.0579. The molecule has 1 aromatic rings. The third-order valence-electron chi connectivity index (χ3n) is 5.72. The fourth-order valence-electron chi connectivity index (χ4n) is 3.49. The van der Waals surface area contributed by atoms with Gasteiger partial charge in [-0.2, -0.15) is 0 Å². The summed E-state index contributed by atoms with van der Waals surface area (Å²) in [6, 6.07) is 7.88. The summed E-state index contributed by atoms with van der Waals surface area (Å²) in [5.74, 6) is -0.698. The molecule has 40 heavy (non-hydrogen) atoms. The van der Waals surface area contributed by atoms with E-state index >= 15 is 0 Å². The lowest BCUT2D eigenvalue weighted by Crippen LogP contribution is -2.42. The fourth-order valence-corrected chi connectivity index (χ4v) is 6.15. The number of rotatable bonds is 19. The molecular weight excluding hydrogens is 613 g/mol. The first-order chi connectivity index (χ1) is 18.6. The molecule has 0 spiro atoms. The van der Waals surface area contributed by atoms with E-state index < -0.39 is 45.1 Å². The number of aryl methyl sites for hydroxylation is 1. The highest BCUT2D eigenvalue weighted by Crippen LogP contribution is 2.69. The van der Waals surface area contributed by atoms with Crippen LogP contribution in [0, 0.1) is 0 Å². The molecule has 0 aromatic heterocycles. The molecule has 0 saturated carbocycles. The Balaban J connectivity index is 2.28. The molecule has 18 heteroatoms. The molecule has 228 valence electrons. The minimum absolute atomic E-state index is 0.190. The monoisotopic (exact) mass is 648 g/mol. The third-order valence-corrected chi connectivity index (χ3v) is 9.93. The molecular formula is C22H36Cl2N4O10P2. The molecule has 14 nitrogen and oxygen atoms in total. The van der Waals surface area contributed by atoms with Gasteiger partial charge in [0, 0.05) is 49.9 Å². The second-order valence-corrected chi connectivity index (χ2v) is 13.5. The van der Waals surface area contributed by atoms with Crippen molar-refractivity contribution in [2.24, 2.45) is 0 Å². The van der Waals surface area contributed by atoms with E-state index in [9.17, 15) is 28.6 Å². The van der Waals surface area contributed by atoms with Crippen LogP contribution < -0.4 is 20.9 Å². The zero-order chi connectivity index (χ0) is 30.4. The van der Waals surface area contributed by atoms with Crippen LogP contribution in [0.1, 0.15) is 31.2 Å². The number of carbonyl (C=O) groups excluding carboxylic acids is 3. The Morgan fingerprint density at radius 2 is 1.30 bits per heavy atom. The molecule has 0 radical (unpaired) electrons. The van der Waals surface area contributed by atoms with E-state index in [2.05, 4.69) is 20.9 Å². The van der Waals surface area contributed by atoms with Crippen molar-refractivity contribution in [3.63, 3.8) is 0 Å². The van der Waals surface area contributed by atoms with Crippen molar-refractivity contribution in [1.82, 2.24) is 16.0 Å². The van der Waals surface area contributed by atoms with Crippen LogP contribution in [0.15, 0.2) is 24.3 Å². The largest absolute Gasteiger partial charge is 0.369 e. The van der Waals surface area contributed by atoms with Gasteiger partial charge in [-0.25, -0.2) is 0 Å². The first-order valence-electron chi connectivity index (χ1n) is 12.2. The Morgan fingerprint density at radius 1 is 0.800 bits per heavy atom. The summed E-state index contributed by atoms with van der Waals surface area (Å²) in [4.78, 5) is 74.1. The van der Waals surface area contributed by atoms with Gasteiger partial charge in [-0.3, -0.25) is 23.5 Å². The summed E-state index contributed by atoms with van der Waals surface area (Å²) in [6.45, 7) is 0.256. The highest BCUT2D eigenvalue weighted by molar-refractivity contribution is 7.72. The molecule has 8 N–H and O–H groups in total. The number of alkyl halides is 2. The van der Waals surface area contributed by atoms with Crippen molar-refractivity contribution >= 4 is 61.8 Å². The standard InChI is InChI=1S/C22H36Cl2N4O10P2/c23-10-13-28(14-11-24)18-7-5-17(6-8-18)3-1-4-19(29)26-16-21(31)27-15-20(30)25-12-2-9-22(32,39(33,34)35)40(36,37)38/h5-8,32H,1-4,9-16H2,(H,25,30)(H,26,29)(H,27,31)(H2,33,34,35)(H2,36,37,38). The maximum atomic E-state index is 12.0. The van der Waals surface area contributed by atoms with Crippen LogP contribution in [0.3, 0.4) is 0 Å². The van der Waals surface area contributed by atoms with Crippen LogP contribution in [-0.4, -0.2) is 92.0 Å². The number of nitrogens with zero attached hydrogens (tertiary/aromatic N) is 1. The third kappa shape index (κ3) is 12.4. The normalized spacial score (nSPS) is 12.1. The summed E-state index contributed by atoms with van der Waals surface area (Å²) in [5, 5.41) is 13.2. The van der Waals surface area contributed by atoms with Crippen LogP contribution in [0.5, 0.6) is 0 Å². The van der Waals surface area contributed by atoms with E-state index in [0.717, 1.165) is 11.3 Å². The minimum Gasteiger partial charge on any atom is -0.369 e. The predicted octanol–water partition coefficient (Wildman–Crippen LogP) is 0.424. The van der Waals surface area contributed by atoms with Gasteiger partial charge in [0.1, 0.15) is 0 Å². The van der Waals surface area contributed by atoms with Crippen LogP contribution in [0.25, 0.3) is 0 Å². The first kappa shape index (κ1) is 36.3. The van der Waals surface area contributed by atoms with Gasteiger partial charge in [-0.05, 0) is 37.0 Å². The Kier molecular flexibility index (Phi) is 15.7. The number of aliphatic hydroxyl groups is 1. The average molecular weight is 649 g/mol. The lowest BCUT2D eigenvalue weighted by molar-refractivity contribution is -0.127. The highest BCUT2D eigenvalue weighted by atomic mass is 35.5. The van der Waals surface area contributed by atoms with Crippen molar-refractivity contribution in [3.8, 4) is 0 Å². The number of amides is 3. The highest BCUT2D eigenvalue weighted by Gasteiger charge is 2.58. The average Bonchev–Trinajstić information content (AvgIpc) is 2.87. The fraction of sp³-hybridized carbons (Fsp3) is 0.591. The van der Waals surface area contributed by atoms with E-state index in [0.29, 0.717) is 37.7 Å². The molecule has 0 aliphatic heterocycles. The van der Waals surface area contributed by atoms with E-state index in [-0.39, 0.29) is 31.8 Å². The van der Waals surface area contributed by atoms with Crippen molar-refractivity contribution < 1.29 is 48.2 Å². The van der Waals surface area contributed by atoms with Crippen LogP contribution >= 0.6 is 38.4 Å². The molecule has 0 heterocycles. The van der Waals surface area contributed by atoms with Gasteiger partial charge in [0.25, 0.3) is 5.08 Å². The Bertz CT molecular complexity index is 1040. The maximum absolute atomic E-state index is 12.0. The van der Waals surface area contributed by atoms with E-state index in [1.54, 1.807) is 0 Å². The van der Waals surface area contributed by atoms with Crippen molar-refractivity contribution in [3.05, 3.63) is 29.8 Å². The second kappa shape index (κ2) is 17.3. The molecule has 0 aliphatic carbocycles. The zero-order valence-corrected chi connectivity index (χ0v) is 25.0. The summed E-state index contributed by atoms with van der Waals surface area (Å²) >= 11 is 11.7. The number of hydrogen-bond donors (Lipinski definition) is 8. The van der Waals surface area contributed by atoms with E-state index in [4.69, 9.17) is 42.8 Å². The Morgan fingerprint density at radius 3 is 1.80 bits per heavy atom. The number of carbonyl (C=O) groups is 3. The van der Waals surface area contributed by atoms with Crippen molar-refractivity contribution in [1.29, 1.82) is 0 Å². The SMILES string of the molecule is O=C(CCCc1ccc(N(CCCl)CCCl)cc1)NCC(=O)NCC(=O)NCCCC(O)(P(=O)(O)O)P(=O)(O)O. The molecule has 1 aromatic carbocycles. The number of benzene rings is 1. The first-order valence-corrected chi connectivity index (χ1v) is 16.5. The van der Waals surface area contributed by atoms with E-state index in [1.165, 1.54) is 0 Å². The predicted molar refractivity (Wildman–Crippen MR) is 150 cm³/mol. The maximum Gasteiger partial charge on any atom is 0.369 e. The second-order valence-electron chi connectivity index (χ2n) is 8.75. The van der Waals surface area contributed by atoms with Gasteiger partial charge in [0.15, 0.2) is 0 Å². The molecule has 0 atom stereocenters. The van der Waals surface area contributed by atoms with Gasteiger partial charge in [-0.15, -0.1) is 23.2 Å². The number of halogens is 2. The number of anilines is 1. The van der Waals surface area contributed by atoms with Crippen LogP contribution in [0.4, 0.5) is 5.69 Å². The molecule has 0 fully saturated rings. The molecule has 0 saturated heterocycles. The molecule has 0 bridgehead atoms. The zero-order valence-electron chi connectivity index (χ0n) is 21.7. The van der Waals surface area contributed by atoms with Gasteiger partial charge >= 0.3 is 15.2 Å². The Labute approximate surface area is 242 Å². The summed E-state index contributed by atoms with van der Waals surface area (Å²) in [5.41, 5.74) is 2.06. The van der Waals surface area contributed by atoms with Crippen molar-refractivity contribution in [2.45, 2.75) is 37.2 Å². The van der Waals surface area contributed by atoms with Crippen molar-refractivity contribution in [2.75, 3.05) is 49.4 Å². The Hall–Kier alpha value is -1.73. The van der Waals surface area contributed by atoms with Crippen LogP contribution in [0.2, 0.25) is 0 Å². The van der Waals surface area contributed by atoms with Gasteiger partial charge < -0.3 is 45.5 Å². The van der Waals surface area contributed by atoms with E-state index in [1.807, 2.05) is 24.3 Å². The topological polar surface area (TPSA) is 226 Å². The molecule has 3 amide bonds. The number of nitrogens with one attached hydrogen (secondary N) is 3. The molecule has 0 unspecified atom stereocenters. The minimum atomic E-state index is -5.57. The summed E-state index contributed by atoms with van der Waals surface area (Å²) in [7, 11) is -11.1. The van der Waals surface area contributed by atoms with Gasteiger partial charge in [-0.1, -0.05) is 12.1 Å². The lowest BCUT2D eigenvalue weighted by atomic mass is 10.1. The lowest BCUT2D eigenvalue weighted by Gasteiger charge is -2.29. The quantitative estimate of drug-likeness (QED) is 0.0582. The smallest absolute Gasteiger partial charge is 0.369 e. The van der Waals surface area contributed by atoms with Gasteiger partial charge in [0.05, 0.1) is 13.1 Å². The molecule has 1 rings (SSSR count).